The molecule has 32 heavy (non-hydrogen) atoms. The predicted octanol–water partition coefficient (Wildman–Crippen LogP) is 5.64. The zero-order valence-corrected chi connectivity index (χ0v) is 17.7. The van der Waals surface area contributed by atoms with Gasteiger partial charge < -0.3 is 10.3 Å². The lowest BCUT2D eigenvalue weighted by atomic mass is 9.87. The molecule has 0 bridgehead atoms. The Morgan fingerprint density at radius 2 is 2.00 bits per heavy atom. The number of aromatic nitrogens is 4. The van der Waals surface area contributed by atoms with E-state index in [4.69, 9.17) is 0 Å². The molecule has 2 heterocycles. The number of nitriles is 1. The molecular formula is C26H22N6. The highest BCUT2D eigenvalue weighted by Gasteiger charge is 2.26. The summed E-state index contributed by atoms with van der Waals surface area (Å²) in [5, 5.41) is 22.4. The Hall–Kier alpha value is -4.24. The van der Waals surface area contributed by atoms with Gasteiger partial charge in [-0.25, -0.2) is 0 Å². The molecule has 6 nitrogen and oxygen atoms in total. The van der Waals surface area contributed by atoms with Gasteiger partial charge in [-0.15, -0.1) is 10.2 Å². The number of anilines is 1. The molecular weight excluding hydrogens is 396 g/mol. The quantitative estimate of drug-likeness (QED) is 0.438. The molecule has 1 atom stereocenters. The van der Waals surface area contributed by atoms with E-state index in [2.05, 4.69) is 87.0 Å². The van der Waals surface area contributed by atoms with Crippen LogP contribution in [0.4, 0.5) is 5.69 Å². The predicted molar refractivity (Wildman–Crippen MR) is 127 cm³/mol. The number of benzene rings is 2. The summed E-state index contributed by atoms with van der Waals surface area (Å²) in [6.45, 7) is 2.16. The highest BCUT2D eigenvalue weighted by molar-refractivity contribution is 5.97. The van der Waals surface area contributed by atoms with Crippen molar-refractivity contribution in [3.8, 4) is 28.6 Å². The zero-order valence-electron chi connectivity index (χ0n) is 17.7. The minimum atomic E-state index is -0.225. The smallest absolute Gasteiger partial charge is 0.161 e. The number of hydrogen-bond donors (Lipinski definition) is 2. The molecule has 0 amide bonds. The minimum absolute atomic E-state index is 0.225. The molecule has 5 rings (SSSR count). The summed E-state index contributed by atoms with van der Waals surface area (Å²) >= 11 is 0. The van der Waals surface area contributed by atoms with Gasteiger partial charge >= 0.3 is 0 Å². The molecule has 0 fully saturated rings. The van der Waals surface area contributed by atoms with Gasteiger partial charge in [-0.05, 0) is 42.2 Å². The van der Waals surface area contributed by atoms with Crippen LogP contribution in [-0.4, -0.2) is 25.7 Å². The maximum atomic E-state index is 9.81. The Morgan fingerprint density at radius 3 is 2.75 bits per heavy atom. The fraction of sp³-hybridized carbons (Fsp3) is 0.154. The Bertz CT molecular complexity index is 1380. The van der Waals surface area contributed by atoms with Crippen LogP contribution < -0.4 is 5.32 Å². The van der Waals surface area contributed by atoms with Crippen LogP contribution in [0.5, 0.6) is 0 Å². The van der Waals surface area contributed by atoms with E-state index in [-0.39, 0.29) is 5.54 Å². The SMILES string of the molecule is CCC1(Nc2c(C#N)cnc3ccc(-c4cccc(-c5nnc[nH]5)c4)cc23)C=CC=CC1. The van der Waals surface area contributed by atoms with Gasteiger partial charge in [0, 0.05) is 17.1 Å². The summed E-state index contributed by atoms with van der Waals surface area (Å²) in [5.41, 5.74) is 5.06. The lowest BCUT2D eigenvalue weighted by molar-refractivity contribution is 0.558. The number of H-pyrrole nitrogens is 1. The highest BCUT2D eigenvalue weighted by Crippen LogP contribution is 2.35. The van der Waals surface area contributed by atoms with E-state index in [1.165, 1.54) is 0 Å². The van der Waals surface area contributed by atoms with E-state index in [0.717, 1.165) is 51.9 Å². The van der Waals surface area contributed by atoms with Gasteiger partial charge in [0.1, 0.15) is 12.4 Å². The molecule has 156 valence electrons. The maximum Gasteiger partial charge on any atom is 0.161 e. The lowest BCUT2D eigenvalue weighted by Gasteiger charge is -2.33. The van der Waals surface area contributed by atoms with E-state index in [1.807, 2.05) is 18.2 Å². The molecule has 0 saturated carbocycles. The summed E-state index contributed by atoms with van der Waals surface area (Å²) in [7, 11) is 0. The number of nitrogens with one attached hydrogen (secondary N) is 2. The fourth-order valence-corrected chi connectivity index (χ4v) is 4.14. The van der Waals surface area contributed by atoms with Crippen LogP contribution in [0.15, 0.2) is 79.3 Å². The summed E-state index contributed by atoms with van der Waals surface area (Å²) in [5.74, 6) is 0.727. The number of hydrogen-bond acceptors (Lipinski definition) is 5. The Labute approximate surface area is 186 Å². The van der Waals surface area contributed by atoms with Crippen LogP contribution in [0.3, 0.4) is 0 Å². The van der Waals surface area contributed by atoms with Gasteiger partial charge in [-0.3, -0.25) is 4.98 Å². The lowest BCUT2D eigenvalue weighted by Crippen LogP contribution is -2.36. The monoisotopic (exact) mass is 418 g/mol. The topological polar surface area (TPSA) is 90.3 Å². The van der Waals surface area contributed by atoms with E-state index >= 15 is 0 Å². The van der Waals surface area contributed by atoms with Crippen molar-refractivity contribution in [2.24, 2.45) is 0 Å². The molecule has 2 aromatic carbocycles. The van der Waals surface area contributed by atoms with E-state index in [0.29, 0.717) is 5.56 Å². The van der Waals surface area contributed by atoms with Crippen molar-refractivity contribution in [1.82, 2.24) is 20.2 Å². The molecule has 0 saturated heterocycles. The van der Waals surface area contributed by atoms with Crippen molar-refractivity contribution in [1.29, 1.82) is 5.26 Å². The summed E-state index contributed by atoms with van der Waals surface area (Å²) in [6, 6.07) is 16.6. The van der Waals surface area contributed by atoms with E-state index in [1.54, 1.807) is 12.5 Å². The molecule has 1 aliphatic carbocycles. The van der Waals surface area contributed by atoms with Gasteiger partial charge in [-0.1, -0.05) is 55.5 Å². The summed E-state index contributed by atoms with van der Waals surface area (Å²) in [6.07, 6.45) is 13.5. The second-order valence-corrected chi connectivity index (χ2v) is 7.94. The average Bonchev–Trinajstić information content (AvgIpc) is 3.40. The molecule has 1 aliphatic rings. The van der Waals surface area contributed by atoms with Crippen LogP contribution in [-0.2, 0) is 0 Å². The number of pyridine rings is 1. The molecule has 1 unspecified atom stereocenters. The number of rotatable bonds is 5. The third kappa shape index (κ3) is 3.54. The third-order valence-electron chi connectivity index (χ3n) is 6.02. The molecule has 0 radical (unpaired) electrons. The van der Waals surface area contributed by atoms with Gasteiger partial charge in [0.05, 0.1) is 22.3 Å². The highest BCUT2D eigenvalue weighted by atomic mass is 15.2. The Balaban J connectivity index is 1.63. The second-order valence-electron chi connectivity index (χ2n) is 7.94. The van der Waals surface area contributed by atoms with Crippen molar-refractivity contribution in [2.45, 2.75) is 25.3 Å². The van der Waals surface area contributed by atoms with Crippen molar-refractivity contribution < 1.29 is 0 Å². The molecule has 2 N–H and O–H groups in total. The first-order valence-electron chi connectivity index (χ1n) is 10.6. The summed E-state index contributed by atoms with van der Waals surface area (Å²) < 4.78 is 0. The standard InChI is InChI=1S/C26H22N6/c1-2-26(11-4-3-5-12-26)31-24-21(15-27)16-28-23-10-9-19(14-22(23)24)18-7-6-8-20(13-18)25-29-17-30-32-25/h3-11,13-14,16-17H,2,12H2,1H3,(H,28,31)(H,29,30,32). The number of allylic oxidation sites excluding steroid dienone is 2. The van der Waals surface area contributed by atoms with Crippen molar-refractivity contribution in [2.75, 3.05) is 5.32 Å². The molecule has 0 spiro atoms. The van der Waals surface area contributed by atoms with Crippen LogP contribution in [0.1, 0.15) is 25.3 Å². The number of fused-ring (bicyclic) bond motifs is 1. The first kappa shape index (κ1) is 19.7. The van der Waals surface area contributed by atoms with Crippen LogP contribution >= 0.6 is 0 Å². The van der Waals surface area contributed by atoms with Crippen LogP contribution in [0.2, 0.25) is 0 Å². The van der Waals surface area contributed by atoms with Gasteiger partial charge in [0.25, 0.3) is 0 Å². The first-order valence-corrected chi connectivity index (χ1v) is 10.6. The average molecular weight is 419 g/mol. The summed E-state index contributed by atoms with van der Waals surface area (Å²) in [4.78, 5) is 7.58. The Morgan fingerprint density at radius 1 is 1.12 bits per heavy atom. The Kier molecular flexibility index (Phi) is 5.00. The zero-order chi connectivity index (χ0) is 22.0. The third-order valence-corrected chi connectivity index (χ3v) is 6.02. The van der Waals surface area contributed by atoms with Crippen molar-refractivity contribution in [3.63, 3.8) is 0 Å². The van der Waals surface area contributed by atoms with Crippen LogP contribution in [0.25, 0.3) is 33.4 Å². The molecule has 2 aromatic heterocycles. The van der Waals surface area contributed by atoms with E-state index < -0.39 is 0 Å². The normalized spacial score (nSPS) is 17.4. The molecule has 4 aromatic rings. The molecule has 0 aliphatic heterocycles. The minimum Gasteiger partial charge on any atom is -0.374 e. The van der Waals surface area contributed by atoms with Crippen molar-refractivity contribution in [3.05, 3.63) is 84.9 Å². The first-order chi connectivity index (χ1) is 15.7. The van der Waals surface area contributed by atoms with Crippen LogP contribution in [0, 0.1) is 11.3 Å². The van der Waals surface area contributed by atoms with Gasteiger partial charge in [-0.2, -0.15) is 5.26 Å². The second kappa shape index (κ2) is 8.12. The number of nitrogens with zero attached hydrogens (tertiary/aromatic N) is 4. The fourth-order valence-electron chi connectivity index (χ4n) is 4.14. The largest absolute Gasteiger partial charge is 0.374 e. The van der Waals surface area contributed by atoms with Gasteiger partial charge in [0.2, 0.25) is 0 Å². The van der Waals surface area contributed by atoms with Crippen molar-refractivity contribution >= 4 is 16.6 Å². The van der Waals surface area contributed by atoms with Gasteiger partial charge in [0.15, 0.2) is 5.82 Å². The number of aromatic amines is 1. The molecule has 6 heteroatoms. The van der Waals surface area contributed by atoms with E-state index in [9.17, 15) is 5.26 Å². The maximum absolute atomic E-state index is 9.81.